The lowest BCUT2D eigenvalue weighted by atomic mass is 10.1. The van der Waals surface area contributed by atoms with Gasteiger partial charge in [-0.15, -0.1) is 0 Å². The number of halogens is 1. The monoisotopic (exact) mass is 366 g/mol. The lowest BCUT2D eigenvalue weighted by molar-refractivity contribution is 0.361. The predicted octanol–water partition coefficient (Wildman–Crippen LogP) is 1.90. The first-order chi connectivity index (χ1) is 13.1. The second kappa shape index (κ2) is 6.87. The SMILES string of the molecule is O=c1[nH]cc(-c2cc(NCC(F)c3ccccc3)c3nccn3n2)c(=O)[nH]1. The molecule has 8 nitrogen and oxygen atoms in total. The Morgan fingerprint density at radius 3 is 2.81 bits per heavy atom. The Balaban J connectivity index is 1.69. The van der Waals surface area contributed by atoms with Crippen molar-refractivity contribution >= 4 is 11.3 Å². The molecule has 3 heterocycles. The molecule has 0 aliphatic heterocycles. The predicted molar refractivity (Wildman–Crippen MR) is 98.4 cm³/mol. The number of hydrogen-bond donors (Lipinski definition) is 3. The molecular formula is C18H15FN6O2. The summed E-state index contributed by atoms with van der Waals surface area (Å²) in [4.78, 5) is 32.1. The van der Waals surface area contributed by atoms with E-state index < -0.39 is 17.4 Å². The zero-order valence-electron chi connectivity index (χ0n) is 14.0. The number of anilines is 1. The smallest absolute Gasteiger partial charge is 0.325 e. The third-order valence-corrected chi connectivity index (χ3v) is 4.09. The van der Waals surface area contributed by atoms with Crippen molar-refractivity contribution in [2.45, 2.75) is 6.17 Å². The van der Waals surface area contributed by atoms with Crippen LogP contribution in [0.4, 0.5) is 10.1 Å². The van der Waals surface area contributed by atoms with Crippen LogP contribution in [0.15, 0.2) is 64.6 Å². The van der Waals surface area contributed by atoms with E-state index >= 15 is 0 Å². The van der Waals surface area contributed by atoms with Crippen molar-refractivity contribution < 1.29 is 4.39 Å². The van der Waals surface area contributed by atoms with Crippen molar-refractivity contribution in [1.29, 1.82) is 0 Å². The number of aromatic nitrogens is 5. The molecule has 136 valence electrons. The number of imidazole rings is 1. The molecule has 9 heteroatoms. The Morgan fingerprint density at radius 2 is 2.04 bits per heavy atom. The topological polar surface area (TPSA) is 108 Å². The highest BCUT2D eigenvalue weighted by atomic mass is 19.1. The maximum Gasteiger partial charge on any atom is 0.325 e. The van der Waals surface area contributed by atoms with Crippen LogP contribution >= 0.6 is 0 Å². The van der Waals surface area contributed by atoms with Crippen LogP contribution in [0, 0.1) is 0 Å². The molecule has 0 saturated heterocycles. The normalized spacial score (nSPS) is 12.2. The number of alkyl halides is 1. The van der Waals surface area contributed by atoms with Gasteiger partial charge >= 0.3 is 5.69 Å². The molecule has 1 unspecified atom stereocenters. The van der Waals surface area contributed by atoms with Crippen molar-refractivity contribution in [3.8, 4) is 11.3 Å². The Morgan fingerprint density at radius 1 is 1.22 bits per heavy atom. The van der Waals surface area contributed by atoms with Crippen molar-refractivity contribution in [2.24, 2.45) is 0 Å². The molecule has 1 aromatic carbocycles. The summed E-state index contributed by atoms with van der Waals surface area (Å²) in [7, 11) is 0. The number of fused-ring (bicyclic) bond motifs is 1. The van der Waals surface area contributed by atoms with Crippen molar-refractivity contribution in [3.63, 3.8) is 0 Å². The van der Waals surface area contributed by atoms with Crippen molar-refractivity contribution in [1.82, 2.24) is 24.6 Å². The lowest BCUT2D eigenvalue weighted by Crippen LogP contribution is -2.23. The molecule has 3 N–H and O–H groups in total. The first kappa shape index (κ1) is 16.7. The number of rotatable bonds is 5. The fraction of sp³-hybridized carbons (Fsp3) is 0.111. The standard InChI is InChI=1S/C18H15FN6O2/c19-13(11-4-2-1-3-5-11)10-21-15-8-14(24-25-7-6-20-16(15)25)12-9-22-18(27)23-17(12)26/h1-9,13,21H,10H2,(H2,22,23,26,27). The molecule has 4 rings (SSSR count). The minimum absolute atomic E-state index is 0.0258. The molecule has 0 radical (unpaired) electrons. The van der Waals surface area contributed by atoms with E-state index in [1.54, 1.807) is 42.7 Å². The van der Waals surface area contributed by atoms with E-state index in [2.05, 4.69) is 25.4 Å². The third kappa shape index (κ3) is 3.34. The van der Waals surface area contributed by atoms with Crippen LogP contribution < -0.4 is 16.6 Å². The minimum Gasteiger partial charge on any atom is -0.379 e. The molecule has 0 fully saturated rings. The van der Waals surface area contributed by atoms with Crippen LogP contribution in [0.2, 0.25) is 0 Å². The second-order valence-corrected chi connectivity index (χ2v) is 5.88. The number of benzene rings is 1. The van der Waals surface area contributed by atoms with Gasteiger partial charge in [0.25, 0.3) is 5.56 Å². The van der Waals surface area contributed by atoms with E-state index in [9.17, 15) is 14.0 Å². The first-order valence-corrected chi connectivity index (χ1v) is 8.21. The average Bonchev–Trinajstić information content (AvgIpc) is 3.15. The number of nitrogens with zero attached hydrogens (tertiary/aromatic N) is 3. The summed E-state index contributed by atoms with van der Waals surface area (Å²) in [6.45, 7) is 0.0258. The van der Waals surface area contributed by atoms with Crippen LogP contribution in [-0.4, -0.2) is 31.1 Å². The minimum atomic E-state index is -1.21. The van der Waals surface area contributed by atoms with Crippen molar-refractivity contribution in [2.75, 3.05) is 11.9 Å². The molecule has 3 aromatic heterocycles. The fourth-order valence-corrected chi connectivity index (χ4v) is 2.76. The average molecular weight is 366 g/mol. The molecular weight excluding hydrogens is 351 g/mol. The Kier molecular flexibility index (Phi) is 4.25. The van der Waals surface area contributed by atoms with Gasteiger partial charge in [-0.3, -0.25) is 9.78 Å². The summed E-state index contributed by atoms with van der Waals surface area (Å²) in [5, 5.41) is 7.35. The summed E-state index contributed by atoms with van der Waals surface area (Å²) in [5.74, 6) is 0. The number of aromatic amines is 2. The molecule has 0 saturated carbocycles. The van der Waals surface area contributed by atoms with E-state index in [0.29, 0.717) is 22.6 Å². The highest BCUT2D eigenvalue weighted by molar-refractivity contribution is 5.73. The molecule has 0 bridgehead atoms. The van der Waals surface area contributed by atoms with Gasteiger partial charge in [-0.05, 0) is 11.6 Å². The van der Waals surface area contributed by atoms with E-state index in [4.69, 9.17) is 0 Å². The summed E-state index contributed by atoms with van der Waals surface area (Å²) in [6.07, 6.45) is 3.25. The Bertz CT molecular complexity index is 1200. The summed E-state index contributed by atoms with van der Waals surface area (Å²) >= 11 is 0. The molecule has 4 aromatic rings. The summed E-state index contributed by atoms with van der Waals surface area (Å²) in [6, 6.07) is 10.4. The molecule has 0 aliphatic carbocycles. The zero-order valence-corrected chi connectivity index (χ0v) is 14.0. The van der Waals surface area contributed by atoms with Gasteiger partial charge in [0, 0.05) is 18.6 Å². The van der Waals surface area contributed by atoms with Gasteiger partial charge in [0.05, 0.1) is 17.8 Å². The van der Waals surface area contributed by atoms with Crippen LogP contribution in [0.25, 0.3) is 16.9 Å². The van der Waals surface area contributed by atoms with E-state index in [1.807, 2.05) is 6.07 Å². The van der Waals surface area contributed by atoms with Gasteiger partial charge in [-0.25, -0.2) is 18.7 Å². The molecule has 0 aliphatic rings. The Hall–Kier alpha value is -3.75. The van der Waals surface area contributed by atoms with Crippen LogP contribution in [-0.2, 0) is 0 Å². The molecule has 0 spiro atoms. The molecule has 27 heavy (non-hydrogen) atoms. The third-order valence-electron chi connectivity index (χ3n) is 4.09. The van der Waals surface area contributed by atoms with Crippen LogP contribution in [0.1, 0.15) is 11.7 Å². The van der Waals surface area contributed by atoms with E-state index in [0.717, 1.165) is 0 Å². The lowest BCUT2D eigenvalue weighted by Gasteiger charge is -2.13. The second-order valence-electron chi connectivity index (χ2n) is 5.88. The summed E-state index contributed by atoms with van der Waals surface area (Å²) < 4.78 is 16.0. The van der Waals surface area contributed by atoms with Gasteiger partial charge in [0.15, 0.2) is 5.65 Å². The van der Waals surface area contributed by atoms with E-state index in [1.165, 1.54) is 10.7 Å². The van der Waals surface area contributed by atoms with Crippen LogP contribution in [0.3, 0.4) is 0 Å². The number of H-pyrrole nitrogens is 2. The number of hydrogen-bond acceptors (Lipinski definition) is 5. The highest BCUT2D eigenvalue weighted by Gasteiger charge is 2.14. The molecule has 0 amide bonds. The molecule has 1 atom stereocenters. The largest absolute Gasteiger partial charge is 0.379 e. The zero-order chi connectivity index (χ0) is 18.8. The van der Waals surface area contributed by atoms with Gasteiger partial charge < -0.3 is 10.3 Å². The van der Waals surface area contributed by atoms with Gasteiger partial charge in [0.1, 0.15) is 11.9 Å². The van der Waals surface area contributed by atoms with Gasteiger partial charge in [-0.1, -0.05) is 30.3 Å². The van der Waals surface area contributed by atoms with Gasteiger partial charge in [-0.2, -0.15) is 5.10 Å². The maximum absolute atomic E-state index is 14.5. The first-order valence-electron chi connectivity index (χ1n) is 8.21. The number of nitrogens with one attached hydrogen (secondary N) is 3. The van der Waals surface area contributed by atoms with E-state index in [-0.39, 0.29) is 12.1 Å². The van der Waals surface area contributed by atoms with Crippen LogP contribution in [0.5, 0.6) is 0 Å². The Labute approximate surface area is 151 Å². The quantitative estimate of drug-likeness (QED) is 0.500. The van der Waals surface area contributed by atoms with Gasteiger partial charge in [0.2, 0.25) is 0 Å². The maximum atomic E-state index is 14.5. The fourth-order valence-electron chi connectivity index (χ4n) is 2.76. The highest BCUT2D eigenvalue weighted by Crippen LogP contribution is 2.23. The van der Waals surface area contributed by atoms with Crippen molar-refractivity contribution in [3.05, 3.63) is 81.4 Å². The summed E-state index contributed by atoms with van der Waals surface area (Å²) in [5.41, 5.74) is 0.923.